The molecule has 94 valence electrons. The molecule has 2 heteroatoms. The SMILES string of the molecule is Cc1ccc(NC(C)C2CCCCC2)cc1I. The van der Waals surface area contributed by atoms with E-state index < -0.39 is 0 Å². The van der Waals surface area contributed by atoms with Crippen molar-refractivity contribution in [3.05, 3.63) is 27.3 Å². The maximum Gasteiger partial charge on any atom is 0.0353 e. The molecule has 1 aliphatic rings. The number of hydrogen-bond acceptors (Lipinski definition) is 1. The predicted octanol–water partition coefficient (Wildman–Crippen LogP) is 4.98. The summed E-state index contributed by atoms with van der Waals surface area (Å²) in [6, 6.07) is 7.28. The van der Waals surface area contributed by atoms with Crippen LogP contribution in [0.3, 0.4) is 0 Å². The van der Waals surface area contributed by atoms with E-state index in [1.807, 2.05) is 0 Å². The van der Waals surface area contributed by atoms with E-state index in [0.29, 0.717) is 6.04 Å². The van der Waals surface area contributed by atoms with Gasteiger partial charge in [0.05, 0.1) is 0 Å². The summed E-state index contributed by atoms with van der Waals surface area (Å²) in [7, 11) is 0. The van der Waals surface area contributed by atoms with Crippen LogP contribution in [0.5, 0.6) is 0 Å². The summed E-state index contributed by atoms with van der Waals surface area (Å²) in [5.41, 5.74) is 2.64. The molecule has 1 N–H and O–H groups in total. The quantitative estimate of drug-likeness (QED) is 0.763. The minimum absolute atomic E-state index is 0.605. The van der Waals surface area contributed by atoms with Gasteiger partial charge in [-0.25, -0.2) is 0 Å². The summed E-state index contributed by atoms with van der Waals surface area (Å²) in [6.45, 7) is 4.50. The van der Waals surface area contributed by atoms with Crippen LogP contribution in [0.4, 0.5) is 5.69 Å². The largest absolute Gasteiger partial charge is 0.382 e. The molecule has 0 amide bonds. The molecule has 1 aromatic carbocycles. The number of halogens is 1. The summed E-state index contributed by atoms with van der Waals surface area (Å²) in [4.78, 5) is 0. The average Bonchev–Trinajstić information content (AvgIpc) is 2.35. The van der Waals surface area contributed by atoms with Gasteiger partial charge in [0.2, 0.25) is 0 Å². The van der Waals surface area contributed by atoms with Crippen molar-refractivity contribution in [2.24, 2.45) is 5.92 Å². The molecule has 0 aliphatic heterocycles. The van der Waals surface area contributed by atoms with E-state index in [1.54, 1.807) is 0 Å². The minimum atomic E-state index is 0.605. The molecular weight excluding hydrogens is 321 g/mol. The zero-order valence-electron chi connectivity index (χ0n) is 10.8. The van der Waals surface area contributed by atoms with E-state index in [-0.39, 0.29) is 0 Å². The molecule has 0 spiro atoms. The first-order chi connectivity index (χ1) is 8.16. The zero-order chi connectivity index (χ0) is 12.3. The second-order valence-corrected chi connectivity index (χ2v) is 6.46. The van der Waals surface area contributed by atoms with Crippen molar-refractivity contribution in [1.29, 1.82) is 0 Å². The Balaban J connectivity index is 1.96. The Labute approximate surface area is 119 Å². The van der Waals surface area contributed by atoms with E-state index in [2.05, 4.69) is 60.0 Å². The third-order valence-electron chi connectivity index (χ3n) is 3.92. The van der Waals surface area contributed by atoms with Crippen LogP contribution in [0.25, 0.3) is 0 Å². The molecule has 0 aromatic heterocycles. The van der Waals surface area contributed by atoms with Gasteiger partial charge in [0.15, 0.2) is 0 Å². The molecule has 1 saturated carbocycles. The molecule has 0 saturated heterocycles. The standard InChI is InChI=1S/C15H22IN/c1-11-8-9-14(10-15(11)16)17-12(2)13-6-4-3-5-7-13/h8-10,12-13,17H,3-7H2,1-2H3. The normalized spacial score (nSPS) is 19.0. The van der Waals surface area contributed by atoms with Crippen LogP contribution < -0.4 is 5.32 Å². The van der Waals surface area contributed by atoms with Crippen LogP contribution >= 0.6 is 22.6 Å². The second-order valence-electron chi connectivity index (χ2n) is 5.30. The molecule has 1 unspecified atom stereocenters. The van der Waals surface area contributed by atoms with Gasteiger partial charge >= 0.3 is 0 Å². The molecule has 1 atom stereocenters. The van der Waals surface area contributed by atoms with Crippen LogP contribution in [0.2, 0.25) is 0 Å². The highest BCUT2D eigenvalue weighted by Gasteiger charge is 2.19. The number of benzene rings is 1. The highest BCUT2D eigenvalue weighted by Crippen LogP contribution is 2.28. The molecule has 0 heterocycles. The first-order valence-corrected chi connectivity index (χ1v) is 7.77. The Hall–Kier alpha value is -0.250. The van der Waals surface area contributed by atoms with Crippen molar-refractivity contribution in [3.8, 4) is 0 Å². The van der Waals surface area contributed by atoms with E-state index >= 15 is 0 Å². The molecule has 1 fully saturated rings. The van der Waals surface area contributed by atoms with Gasteiger partial charge in [0.25, 0.3) is 0 Å². The van der Waals surface area contributed by atoms with Gasteiger partial charge in [-0.15, -0.1) is 0 Å². The van der Waals surface area contributed by atoms with Crippen LogP contribution in [-0.2, 0) is 0 Å². The van der Waals surface area contributed by atoms with Gasteiger partial charge in [-0.2, -0.15) is 0 Å². The number of nitrogens with one attached hydrogen (secondary N) is 1. The zero-order valence-corrected chi connectivity index (χ0v) is 13.0. The average molecular weight is 343 g/mol. The lowest BCUT2D eigenvalue weighted by molar-refractivity contribution is 0.328. The third kappa shape index (κ3) is 3.60. The van der Waals surface area contributed by atoms with Gasteiger partial charge in [0.1, 0.15) is 0 Å². The first-order valence-electron chi connectivity index (χ1n) is 6.69. The van der Waals surface area contributed by atoms with Gasteiger partial charge in [-0.05, 0) is 72.9 Å². The van der Waals surface area contributed by atoms with Crippen molar-refractivity contribution in [1.82, 2.24) is 0 Å². The third-order valence-corrected chi connectivity index (χ3v) is 5.09. The highest BCUT2D eigenvalue weighted by atomic mass is 127. The van der Waals surface area contributed by atoms with Crippen molar-refractivity contribution in [2.45, 2.75) is 52.0 Å². The maximum atomic E-state index is 3.67. The fourth-order valence-electron chi connectivity index (χ4n) is 2.70. The van der Waals surface area contributed by atoms with E-state index in [1.165, 1.54) is 46.9 Å². The lowest BCUT2D eigenvalue weighted by Gasteiger charge is -2.29. The van der Waals surface area contributed by atoms with Crippen LogP contribution in [0.15, 0.2) is 18.2 Å². The molecule has 0 bridgehead atoms. The van der Waals surface area contributed by atoms with Crippen LogP contribution in [-0.4, -0.2) is 6.04 Å². The lowest BCUT2D eigenvalue weighted by atomic mass is 9.84. The number of aryl methyl sites for hydroxylation is 1. The van der Waals surface area contributed by atoms with Gasteiger partial charge < -0.3 is 5.32 Å². The Bertz CT molecular complexity index is 369. The van der Waals surface area contributed by atoms with Crippen molar-refractivity contribution >= 4 is 28.3 Å². The van der Waals surface area contributed by atoms with Crippen molar-refractivity contribution in [2.75, 3.05) is 5.32 Å². The minimum Gasteiger partial charge on any atom is -0.382 e. The molecule has 1 aromatic rings. The van der Waals surface area contributed by atoms with Crippen molar-refractivity contribution in [3.63, 3.8) is 0 Å². The summed E-state index contributed by atoms with van der Waals surface area (Å²) in [5.74, 6) is 0.864. The Kier molecular flexibility index (Phi) is 4.71. The molecule has 0 radical (unpaired) electrons. The summed E-state index contributed by atoms with van der Waals surface area (Å²) >= 11 is 2.41. The highest BCUT2D eigenvalue weighted by molar-refractivity contribution is 14.1. The summed E-state index contributed by atoms with van der Waals surface area (Å²) in [5, 5.41) is 3.67. The maximum absolute atomic E-state index is 3.67. The molecule has 2 rings (SSSR count). The Morgan fingerprint density at radius 3 is 2.59 bits per heavy atom. The smallest absolute Gasteiger partial charge is 0.0353 e. The molecular formula is C15H22IN. The molecule has 1 aliphatic carbocycles. The monoisotopic (exact) mass is 343 g/mol. The second kappa shape index (κ2) is 6.07. The Morgan fingerprint density at radius 2 is 1.94 bits per heavy atom. The van der Waals surface area contributed by atoms with E-state index in [4.69, 9.17) is 0 Å². The lowest BCUT2D eigenvalue weighted by Crippen LogP contribution is -2.27. The number of rotatable bonds is 3. The fourth-order valence-corrected chi connectivity index (χ4v) is 3.21. The van der Waals surface area contributed by atoms with Crippen molar-refractivity contribution < 1.29 is 0 Å². The summed E-state index contributed by atoms with van der Waals surface area (Å²) < 4.78 is 1.35. The number of hydrogen-bond donors (Lipinski definition) is 1. The molecule has 1 nitrogen and oxygen atoms in total. The van der Waals surface area contributed by atoms with Crippen LogP contribution in [0, 0.1) is 16.4 Å². The predicted molar refractivity (Wildman–Crippen MR) is 83.6 cm³/mol. The van der Waals surface area contributed by atoms with E-state index in [0.717, 1.165) is 5.92 Å². The Morgan fingerprint density at radius 1 is 1.24 bits per heavy atom. The van der Waals surface area contributed by atoms with Gasteiger partial charge in [0, 0.05) is 15.3 Å². The van der Waals surface area contributed by atoms with Gasteiger partial charge in [-0.1, -0.05) is 25.3 Å². The first kappa shape index (κ1) is 13.2. The fraction of sp³-hybridized carbons (Fsp3) is 0.600. The number of anilines is 1. The summed E-state index contributed by atoms with van der Waals surface area (Å²) in [6.07, 6.45) is 7.07. The topological polar surface area (TPSA) is 12.0 Å². The van der Waals surface area contributed by atoms with Crippen LogP contribution in [0.1, 0.15) is 44.6 Å². The molecule has 17 heavy (non-hydrogen) atoms. The van der Waals surface area contributed by atoms with E-state index in [9.17, 15) is 0 Å². The van der Waals surface area contributed by atoms with Gasteiger partial charge in [-0.3, -0.25) is 0 Å².